The van der Waals surface area contributed by atoms with E-state index in [9.17, 15) is 9.59 Å². The fourth-order valence-electron chi connectivity index (χ4n) is 1.56. The van der Waals surface area contributed by atoms with Crippen molar-refractivity contribution in [3.05, 3.63) is 0 Å². The summed E-state index contributed by atoms with van der Waals surface area (Å²) in [4.78, 5) is 22.6. The zero-order valence-electron chi connectivity index (χ0n) is 7.93. The highest BCUT2D eigenvalue weighted by atomic mass is 79.9. The topological polar surface area (TPSA) is 49.4 Å². The van der Waals surface area contributed by atoms with Gasteiger partial charge in [-0.25, -0.2) is 8.72 Å². The molecule has 1 N–H and O–H groups in total. The Morgan fingerprint density at radius 2 is 2.08 bits per heavy atom. The third-order valence-corrected chi connectivity index (χ3v) is 3.23. The van der Waals surface area contributed by atoms with Crippen molar-refractivity contribution in [3.8, 4) is 0 Å². The van der Waals surface area contributed by atoms with E-state index in [4.69, 9.17) is 0 Å². The molecule has 1 unspecified atom stereocenters. The van der Waals surface area contributed by atoms with Crippen LogP contribution in [0.2, 0.25) is 0 Å². The van der Waals surface area contributed by atoms with Crippen LogP contribution in [0.1, 0.15) is 27.2 Å². The highest BCUT2D eigenvalue weighted by molar-refractivity contribution is 9.07. The van der Waals surface area contributed by atoms with Gasteiger partial charge in [-0.05, 0) is 19.3 Å². The summed E-state index contributed by atoms with van der Waals surface area (Å²) >= 11 is 3.10. The molecule has 0 spiro atoms. The van der Waals surface area contributed by atoms with Gasteiger partial charge in [0.15, 0.2) is 0 Å². The Balaban J connectivity index is 2.87. The maximum atomic E-state index is 11.4. The Morgan fingerprint density at radius 1 is 1.54 bits per heavy atom. The van der Waals surface area contributed by atoms with Gasteiger partial charge in [0.1, 0.15) is 5.54 Å². The summed E-state index contributed by atoms with van der Waals surface area (Å²) in [5.74, 6) is 0.129. The van der Waals surface area contributed by atoms with Crippen LogP contribution in [0.3, 0.4) is 0 Å². The zero-order chi connectivity index (χ0) is 10.2. The molecule has 4 nitrogen and oxygen atoms in total. The maximum Gasteiger partial charge on any atom is 0.335 e. The van der Waals surface area contributed by atoms with Crippen LogP contribution in [-0.2, 0) is 4.79 Å². The molecule has 1 aliphatic rings. The second kappa shape index (κ2) is 3.29. The highest BCUT2D eigenvalue weighted by Gasteiger charge is 2.48. The van der Waals surface area contributed by atoms with E-state index >= 15 is 0 Å². The summed E-state index contributed by atoms with van der Waals surface area (Å²) in [6.07, 6.45) is 0.649. The minimum absolute atomic E-state index is 0.233. The van der Waals surface area contributed by atoms with Crippen LogP contribution in [0, 0.1) is 5.92 Å². The smallest absolute Gasteiger partial charge is 0.275 e. The predicted octanol–water partition coefficient (Wildman–Crippen LogP) is 1.65. The van der Waals surface area contributed by atoms with Gasteiger partial charge >= 0.3 is 6.03 Å². The van der Waals surface area contributed by atoms with Crippen LogP contribution >= 0.6 is 16.1 Å². The lowest BCUT2D eigenvalue weighted by molar-refractivity contribution is -0.125. The van der Waals surface area contributed by atoms with Crippen molar-refractivity contribution in [1.29, 1.82) is 0 Å². The first-order valence-corrected chi connectivity index (χ1v) is 4.90. The Kier molecular flexibility index (Phi) is 2.66. The second-order valence-electron chi connectivity index (χ2n) is 3.91. The van der Waals surface area contributed by atoms with Gasteiger partial charge in [-0.2, -0.15) is 0 Å². The van der Waals surface area contributed by atoms with E-state index in [-0.39, 0.29) is 11.9 Å². The third-order valence-electron chi connectivity index (χ3n) is 2.13. The number of carbonyl (C=O) groups is 2. The van der Waals surface area contributed by atoms with Crippen LogP contribution < -0.4 is 5.32 Å². The van der Waals surface area contributed by atoms with Crippen molar-refractivity contribution in [2.75, 3.05) is 0 Å². The van der Waals surface area contributed by atoms with Crippen LogP contribution in [0.15, 0.2) is 0 Å². The molecule has 1 atom stereocenters. The van der Waals surface area contributed by atoms with Gasteiger partial charge in [-0.1, -0.05) is 13.8 Å². The summed E-state index contributed by atoms with van der Waals surface area (Å²) in [5.41, 5.74) is -0.745. The predicted molar refractivity (Wildman–Crippen MR) is 52.2 cm³/mol. The fourth-order valence-corrected chi connectivity index (χ4v) is 1.96. The summed E-state index contributed by atoms with van der Waals surface area (Å²) in [6, 6.07) is -0.381. The van der Waals surface area contributed by atoms with Crippen molar-refractivity contribution in [2.24, 2.45) is 5.92 Å². The van der Waals surface area contributed by atoms with Crippen LogP contribution in [0.4, 0.5) is 4.79 Å². The summed E-state index contributed by atoms with van der Waals surface area (Å²) in [5, 5.41) is 2.26. The standard InChI is InChI=1S/C8H13BrN2O2/c1-5(2)4-8(3)6(12)10-7(13)11(8)9/h5H,4H2,1-3H3,(H,10,12,13). The summed E-state index contributed by atoms with van der Waals surface area (Å²) in [7, 11) is 0. The van der Waals surface area contributed by atoms with Crippen LogP contribution in [0.25, 0.3) is 0 Å². The van der Waals surface area contributed by atoms with E-state index in [2.05, 4.69) is 21.5 Å². The number of urea groups is 1. The molecule has 0 aromatic rings. The molecule has 0 aromatic heterocycles. The Labute approximate surface area is 86.0 Å². The number of rotatable bonds is 2. The molecule has 1 aliphatic heterocycles. The SMILES string of the molecule is CC(C)CC1(C)C(=O)NC(=O)N1Br. The number of hydrogen-bond donors (Lipinski definition) is 1. The molecule has 1 heterocycles. The number of carbonyl (C=O) groups excluding carboxylic acids is 2. The van der Waals surface area contributed by atoms with Crippen molar-refractivity contribution >= 4 is 28.1 Å². The van der Waals surface area contributed by atoms with E-state index < -0.39 is 5.54 Å². The Bertz CT molecular complexity index is 255. The molecule has 0 aromatic carbocycles. The average molecular weight is 249 g/mol. The molecule has 0 aliphatic carbocycles. The number of nitrogens with one attached hydrogen (secondary N) is 1. The van der Waals surface area contributed by atoms with Gasteiger partial charge in [-0.15, -0.1) is 0 Å². The van der Waals surface area contributed by atoms with Gasteiger partial charge in [0, 0.05) is 0 Å². The van der Waals surface area contributed by atoms with Gasteiger partial charge in [0.05, 0.1) is 16.1 Å². The van der Waals surface area contributed by atoms with E-state index in [1.807, 2.05) is 13.8 Å². The zero-order valence-corrected chi connectivity index (χ0v) is 9.51. The molecule has 3 amide bonds. The average Bonchev–Trinajstić information content (AvgIpc) is 2.15. The molecule has 1 rings (SSSR count). The fraction of sp³-hybridized carbons (Fsp3) is 0.750. The van der Waals surface area contributed by atoms with E-state index in [0.717, 1.165) is 0 Å². The summed E-state index contributed by atoms with van der Waals surface area (Å²) in [6.45, 7) is 5.78. The molecule has 1 fully saturated rings. The molecular weight excluding hydrogens is 236 g/mol. The van der Waals surface area contributed by atoms with Crippen molar-refractivity contribution in [3.63, 3.8) is 0 Å². The lowest BCUT2D eigenvalue weighted by Gasteiger charge is -2.27. The number of nitrogens with zero attached hydrogens (tertiary/aromatic N) is 1. The van der Waals surface area contributed by atoms with Crippen molar-refractivity contribution in [2.45, 2.75) is 32.7 Å². The van der Waals surface area contributed by atoms with E-state index in [0.29, 0.717) is 12.3 Å². The Hall–Kier alpha value is -0.580. The first kappa shape index (κ1) is 10.5. The quantitative estimate of drug-likeness (QED) is 0.597. The Morgan fingerprint density at radius 3 is 2.38 bits per heavy atom. The lowest BCUT2D eigenvalue weighted by Crippen LogP contribution is -2.43. The number of hydrogen-bond acceptors (Lipinski definition) is 2. The van der Waals surface area contributed by atoms with Gasteiger partial charge in [0.2, 0.25) is 0 Å². The van der Waals surface area contributed by atoms with Crippen molar-refractivity contribution < 1.29 is 9.59 Å². The van der Waals surface area contributed by atoms with Gasteiger partial charge < -0.3 is 0 Å². The minimum atomic E-state index is -0.745. The lowest BCUT2D eigenvalue weighted by atomic mass is 9.91. The molecule has 0 bridgehead atoms. The largest absolute Gasteiger partial charge is 0.335 e. The van der Waals surface area contributed by atoms with Crippen LogP contribution in [0.5, 0.6) is 0 Å². The molecule has 0 saturated carbocycles. The monoisotopic (exact) mass is 248 g/mol. The number of amides is 3. The molecular formula is C8H13BrN2O2. The first-order valence-electron chi connectivity index (χ1n) is 4.19. The molecule has 74 valence electrons. The van der Waals surface area contributed by atoms with E-state index in [1.165, 1.54) is 3.93 Å². The van der Waals surface area contributed by atoms with Gasteiger partial charge in [0.25, 0.3) is 5.91 Å². The molecule has 1 saturated heterocycles. The normalized spacial score (nSPS) is 28.5. The number of halogens is 1. The number of imide groups is 1. The van der Waals surface area contributed by atoms with Crippen LogP contribution in [-0.4, -0.2) is 21.4 Å². The molecule has 0 radical (unpaired) electrons. The maximum absolute atomic E-state index is 11.4. The molecule has 5 heteroatoms. The minimum Gasteiger partial charge on any atom is -0.275 e. The first-order chi connectivity index (χ1) is 5.88. The third kappa shape index (κ3) is 1.70. The van der Waals surface area contributed by atoms with Gasteiger partial charge in [-0.3, -0.25) is 10.1 Å². The summed E-state index contributed by atoms with van der Waals surface area (Å²) < 4.78 is 1.29. The van der Waals surface area contributed by atoms with Crippen molar-refractivity contribution in [1.82, 2.24) is 9.24 Å². The second-order valence-corrected chi connectivity index (χ2v) is 4.62. The highest BCUT2D eigenvalue weighted by Crippen LogP contribution is 2.31. The van der Waals surface area contributed by atoms with E-state index in [1.54, 1.807) is 6.92 Å². The molecule has 13 heavy (non-hydrogen) atoms.